The van der Waals surface area contributed by atoms with Crippen LogP contribution in [0.1, 0.15) is 49.5 Å². The number of rotatable bonds is 7. The molecule has 0 atom stereocenters. The largest absolute Gasteiger partial charge is 0.461 e. The van der Waals surface area contributed by atoms with Gasteiger partial charge in [-0.1, -0.05) is 19.3 Å². The summed E-state index contributed by atoms with van der Waals surface area (Å²) in [5.41, 5.74) is 0.152. The molecule has 1 saturated heterocycles. The minimum absolute atomic E-state index is 0.0320. The van der Waals surface area contributed by atoms with Crippen LogP contribution in [0.3, 0.4) is 0 Å². The number of hydrogen-bond donors (Lipinski definition) is 0. The molecule has 2 aliphatic rings. The van der Waals surface area contributed by atoms with Crippen molar-refractivity contribution in [2.75, 3.05) is 46.4 Å². The van der Waals surface area contributed by atoms with Crippen LogP contribution >= 0.6 is 0 Å². The van der Waals surface area contributed by atoms with Crippen molar-refractivity contribution in [1.82, 2.24) is 18.7 Å². The van der Waals surface area contributed by atoms with Gasteiger partial charge in [0.15, 0.2) is 0 Å². The summed E-state index contributed by atoms with van der Waals surface area (Å²) in [7, 11) is -0.927. The van der Waals surface area contributed by atoms with Gasteiger partial charge in [0.1, 0.15) is 10.6 Å². The summed E-state index contributed by atoms with van der Waals surface area (Å²) >= 11 is 0. The standard InChI is InChI=1S/C21H34N4O5S/c1-4-30-21(27)19-14-18(15-22(19)2)31(28,29)23(3)16-20(26)25-12-10-24(11-13-25)17-8-6-5-7-9-17/h14-15,17H,4-13,16H2,1-3H3. The molecule has 3 rings (SSSR count). The number of esters is 1. The summed E-state index contributed by atoms with van der Waals surface area (Å²) in [4.78, 5) is 28.9. The lowest BCUT2D eigenvalue weighted by atomic mass is 9.94. The number of aryl methyl sites for hydroxylation is 1. The van der Waals surface area contributed by atoms with Crippen molar-refractivity contribution in [3.05, 3.63) is 18.0 Å². The Balaban J connectivity index is 1.58. The zero-order chi connectivity index (χ0) is 22.6. The predicted octanol–water partition coefficient (Wildman–Crippen LogP) is 1.30. The fourth-order valence-corrected chi connectivity index (χ4v) is 5.61. The number of carbonyl (C=O) groups excluding carboxylic acids is 2. The van der Waals surface area contributed by atoms with E-state index >= 15 is 0 Å². The number of hydrogen-bond acceptors (Lipinski definition) is 6. The summed E-state index contributed by atoms with van der Waals surface area (Å²) in [5.74, 6) is -0.781. The van der Waals surface area contributed by atoms with E-state index in [4.69, 9.17) is 4.74 Å². The number of amides is 1. The van der Waals surface area contributed by atoms with E-state index in [1.54, 1.807) is 18.9 Å². The van der Waals surface area contributed by atoms with E-state index in [9.17, 15) is 18.0 Å². The van der Waals surface area contributed by atoms with E-state index in [2.05, 4.69) is 4.90 Å². The Bertz CT molecular complexity index is 884. The van der Waals surface area contributed by atoms with Crippen molar-refractivity contribution in [3.63, 3.8) is 0 Å². The molecule has 10 heteroatoms. The van der Waals surface area contributed by atoms with Gasteiger partial charge in [-0.3, -0.25) is 9.69 Å². The van der Waals surface area contributed by atoms with Crippen LogP contribution in [-0.2, 0) is 26.6 Å². The third-order valence-electron chi connectivity index (χ3n) is 6.29. The number of likely N-dealkylation sites (N-methyl/N-ethyl adjacent to an activating group) is 1. The number of carbonyl (C=O) groups is 2. The fourth-order valence-electron chi connectivity index (χ4n) is 4.42. The first-order valence-corrected chi connectivity index (χ1v) is 12.5. The third kappa shape index (κ3) is 5.48. The average Bonchev–Trinajstić information content (AvgIpc) is 3.17. The molecule has 0 N–H and O–H groups in total. The summed E-state index contributed by atoms with van der Waals surface area (Å²) in [6.07, 6.45) is 7.72. The van der Waals surface area contributed by atoms with E-state index in [0.717, 1.165) is 17.4 Å². The molecular weight excluding hydrogens is 420 g/mol. The van der Waals surface area contributed by atoms with E-state index in [1.165, 1.54) is 56.0 Å². The molecule has 31 heavy (non-hydrogen) atoms. The third-order valence-corrected chi connectivity index (χ3v) is 8.06. The Kier molecular flexibility index (Phi) is 7.77. The van der Waals surface area contributed by atoms with Gasteiger partial charge in [-0.05, 0) is 25.8 Å². The first-order chi connectivity index (χ1) is 14.7. The van der Waals surface area contributed by atoms with Gasteiger partial charge in [0.05, 0.1) is 13.2 Å². The highest BCUT2D eigenvalue weighted by atomic mass is 32.2. The molecule has 9 nitrogen and oxygen atoms in total. The summed E-state index contributed by atoms with van der Waals surface area (Å²) < 4.78 is 33.3. The van der Waals surface area contributed by atoms with Gasteiger partial charge in [-0.15, -0.1) is 0 Å². The molecule has 0 unspecified atom stereocenters. The Labute approximate surface area is 185 Å². The fraction of sp³-hybridized carbons (Fsp3) is 0.714. The number of sulfonamides is 1. The van der Waals surface area contributed by atoms with Crippen molar-refractivity contribution < 1.29 is 22.7 Å². The summed E-state index contributed by atoms with van der Waals surface area (Å²) in [6.45, 7) is 4.60. The van der Waals surface area contributed by atoms with Gasteiger partial charge < -0.3 is 14.2 Å². The number of aromatic nitrogens is 1. The minimum atomic E-state index is -3.90. The average molecular weight is 455 g/mol. The maximum Gasteiger partial charge on any atom is 0.354 e. The second-order valence-electron chi connectivity index (χ2n) is 8.36. The molecule has 2 fully saturated rings. The molecule has 0 bridgehead atoms. The quantitative estimate of drug-likeness (QED) is 0.577. The maximum absolute atomic E-state index is 12.9. The lowest BCUT2D eigenvalue weighted by Crippen LogP contribution is -2.54. The molecule has 1 aliphatic carbocycles. The molecule has 1 aromatic rings. The monoisotopic (exact) mass is 454 g/mol. The number of piperazine rings is 1. The zero-order valence-electron chi connectivity index (χ0n) is 18.7. The summed E-state index contributed by atoms with van der Waals surface area (Å²) in [6, 6.07) is 1.91. The second-order valence-corrected chi connectivity index (χ2v) is 10.4. The Morgan fingerprint density at radius 2 is 1.77 bits per heavy atom. The van der Waals surface area contributed by atoms with Crippen molar-refractivity contribution >= 4 is 21.9 Å². The van der Waals surface area contributed by atoms with Crippen molar-refractivity contribution in [2.24, 2.45) is 7.05 Å². The topological polar surface area (TPSA) is 92.2 Å². The van der Waals surface area contributed by atoms with Crippen LogP contribution < -0.4 is 0 Å². The smallest absolute Gasteiger partial charge is 0.354 e. The molecule has 174 valence electrons. The van der Waals surface area contributed by atoms with E-state index in [1.807, 2.05) is 0 Å². The zero-order valence-corrected chi connectivity index (χ0v) is 19.6. The molecule has 1 saturated carbocycles. The van der Waals surface area contributed by atoms with Crippen LogP contribution in [0, 0.1) is 0 Å². The highest BCUT2D eigenvalue weighted by Gasteiger charge is 2.31. The lowest BCUT2D eigenvalue weighted by Gasteiger charge is -2.41. The van der Waals surface area contributed by atoms with Gasteiger partial charge in [0.25, 0.3) is 0 Å². The number of ether oxygens (including phenoxy) is 1. The van der Waals surface area contributed by atoms with Crippen molar-refractivity contribution in [1.29, 1.82) is 0 Å². The van der Waals surface area contributed by atoms with Crippen LogP contribution in [0.5, 0.6) is 0 Å². The van der Waals surface area contributed by atoms with Crippen molar-refractivity contribution in [3.8, 4) is 0 Å². The normalized spacial score (nSPS) is 19.0. The predicted molar refractivity (Wildman–Crippen MR) is 116 cm³/mol. The Hall–Kier alpha value is -1.91. The Morgan fingerprint density at radius 3 is 2.39 bits per heavy atom. The Morgan fingerprint density at radius 1 is 1.13 bits per heavy atom. The molecule has 0 radical (unpaired) electrons. The van der Waals surface area contributed by atoms with Gasteiger partial charge in [-0.25, -0.2) is 13.2 Å². The van der Waals surface area contributed by atoms with Gasteiger partial charge in [0, 0.05) is 52.5 Å². The van der Waals surface area contributed by atoms with Crippen LogP contribution in [0.2, 0.25) is 0 Å². The molecular formula is C21H34N4O5S. The molecule has 2 heterocycles. The van der Waals surface area contributed by atoms with E-state index in [0.29, 0.717) is 19.1 Å². The van der Waals surface area contributed by atoms with Gasteiger partial charge in [-0.2, -0.15) is 4.31 Å². The highest BCUT2D eigenvalue weighted by Crippen LogP contribution is 2.24. The molecule has 1 aliphatic heterocycles. The van der Waals surface area contributed by atoms with E-state index in [-0.39, 0.29) is 29.6 Å². The lowest BCUT2D eigenvalue weighted by molar-refractivity contribution is -0.133. The SMILES string of the molecule is CCOC(=O)c1cc(S(=O)(=O)N(C)CC(=O)N2CCN(C3CCCCC3)CC2)cn1C. The molecule has 0 spiro atoms. The number of nitrogens with zero attached hydrogens (tertiary/aromatic N) is 4. The van der Waals surface area contributed by atoms with Crippen LogP contribution in [0.25, 0.3) is 0 Å². The molecule has 1 aromatic heterocycles. The minimum Gasteiger partial charge on any atom is -0.461 e. The first kappa shape index (κ1) is 23.7. The van der Waals surface area contributed by atoms with Crippen LogP contribution in [-0.4, -0.2) is 91.4 Å². The van der Waals surface area contributed by atoms with Gasteiger partial charge >= 0.3 is 5.97 Å². The van der Waals surface area contributed by atoms with E-state index < -0.39 is 16.0 Å². The van der Waals surface area contributed by atoms with Crippen molar-refractivity contribution in [2.45, 2.75) is 50.0 Å². The molecule has 1 amide bonds. The molecule has 0 aromatic carbocycles. The maximum atomic E-state index is 12.9. The highest BCUT2D eigenvalue weighted by molar-refractivity contribution is 7.89. The van der Waals surface area contributed by atoms with Crippen LogP contribution in [0.4, 0.5) is 0 Å². The first-order valence-electron chi connectivity index (χ1n) is 11.1. The van der Waals surface area contributed by atoms with Gasteiger partial charge in [0.2, 0.25) is 15.9 Å². The van der Waals surface area contributed by atoms with Crippen LogP contribution in [0.15, 0.2) is 17.2 Å². The second kappa shape index (κ2) is 10.1. The summed E-state index contributed by atoms with van der Waals surface area (Å²) in [5, 5.41) is 0.